The third kappa shape index (κ3) is 3.59. The maximum Gasteiger partial charge on any atom is 0.308 e. The zero-order valence-electron chi connectivity index (χ0n) is 13.8. The van der Waals surface area contributed by atoms with Crippen molar-refractivity contribution in [3.8, 4) is 0 Å². The van der Waals surface area contributed by atoms with E-state index in [0.717, 1.165) is 0 Å². The number of benzene rings is 1. The van der Waals surface area contributed by atoms with Gasteiger partial charge in [0.15, 0.2) is 0 Å². The maximum absolute atomic E-state index is 12.6. The molecule has 0 aromatic heterocycles. The van der Waals surface area contributed by atoms with Gasteiger partial charge in [-0.25, -0.2) is 8.42 Å². The summed E-state index contributed by atoms with van der Waals surface area (Å²) in [6.07, 6.45) is 0.415. The molecule has 1 N–H and O–H groups in total. The maximum atomic E-state index is 12.6. The van der Waals surface area contributed by atoms with Crippen LogP contribution in [0.25, 0.3) is 0 Å². The van der Waals surface area contributed by atoms with Crippen molar-refractivity contribution in [1.82, 2.24) is 9.21 Å². The van der Waals surface area contributed by atoms with Gasteiger partial charge in [0.2, 0.25) is 10.0 Å². The number of carboxylic acids is 1. The molecule has 24 heavy (non-hydrogen) atoms. The van der Waals surface area contributed by atoms with E-state index in [4.69, 9.17) is 5.11 Å². The highest BCUT2D eigenvalue weighted by molar-refractivity contribution is 7.89. The van der Waals surface area contributed by atoms with Crippen molar-refractivity contribution in [3.63, 3.8) is 0 Å². The predicted octanol–water partition coefficient (Wildman–Crippen LogP) is 1.26. The summed E-state index contributed by atoms with van der Waals surface area (Å²) in [4.78, 5) is 25.1. The molecule has 132 valence electrons. The summed E-state index contributed by atoms with van der Waals surface area (Å²) >= 11 is 0. The number of carbonyl (C=O) groups excluding carboxylic acids is 1. The summed E-state index contributed by atoms with van der Waals surface area (Å²) in [7, 11) is -3.64. The molecule has 1 amide bonds. The van der Waals surface area contributed by atoms with Gasteiger partial charge >= 0.3 is 5.97 Å². The molecule has 1 saturated heterocycles. The van der Waals surface area contributed by atoms with E-state index in [1.807, 2.05) is 0 Å². The molecular weight excluding hydrogens is 332 g/mol. The Hall–Kier alpha value is -1.93. The van der Waals surface area contributed by atoms with Crippen LogP contribution in [0, 0.1) is 5.92 Å². The Morgan fingerprint density at radius 1 is 1.29 bits per heavy atom. The molecule has 1 aliphatic heterocycles. The van der Waals surface area contributed by atoms with Crippen LogP contribution in [0.2, 0.25) is 0 Å². The minimum Gasteiger partial charge on any atom is -0.481 e. The smallest absolute Gasteiger partial charge is 0.308 e. The Morgan fingerprint density at radius 2 is 1.96 bits per heavy atom. The highest BCUT2D eigenvalue weighted by Crippen LogP contribution is 2.21. The van der Waals surface area contributed by atoms with Crippen molar-refractivity contribution < 1.29 is 23.1 Å². The van der Waals surface area contributed by atoms with Gasteiger partial charge in [-0.2, -0.15) is 4.31 Å². The molecule has 1 fully saturated rings. The van der Waals surface area contributed by atoms with Crippen LogP contribution in [0.3, 0.4) is 0 Å². The summed E-state index contributed by atoms with van der Waals surface area (Å²) < 4.78 is 26.4. The van der Waals surface area contributed by atoms with Gasteiger partial charge in [0, 0.05) is 31.7 Å². The van der Waals surface area contributed by atoms with Crippen molar-refractivity contribution in [1.29, 1.82) is 0 Å². The van der Waals surface area contributed by atoms with E-state index in [2.05, 4.69) is 0 Å². The summed E-state index contributed by atoms with van der Waals surface area (Å²) in [5.41, 5.74) is 0.259. The number of carboxylic acid groups (broad SMARTS) is 1. The van der Waals surface area contributed by atoms with E-state index >= 15 is 0 Å². The molecular formula is C16H22N2O5S. The molecule has 0 spiro atoms. The van der Waals surface area contributed by atoms with E-state index in [9.17, 15) is 18.0 Å². The zero-order valence-corrected chi connectivity index (χ0v) is 14.6. The first-order valence-electron chi connectivity index (χ1n) is 7.93. The first kappa shape index (κ1) is 18.4. The molecule has 1 aromatic carbocycles. The lowest BCUT2D eigenvalue weighted by atomic mass is 10.1. The third-order valence-electron chi connectivity index (χ3n) is 4.25. The summed E-state index contributed by atoms with van der Waals surface area (Å²) in [5, 5.41) is 9.03. The lowest BCUT2D eigenvalue weighted by Crippen LogP contribution is -2.32. The number of nitrogens with zero attached hydrogens (tertiary/aromatic N) is 2. The monoisotopic (exact) mass is 354 g/mol. The zero-order chi connectivity index (χ0) is 17.9. The number of amides is 1. The predicted molar refractivity (Wildman–Crippen MR) is 88.2 cm³/mol. The minimum absolute atomic E-state index is 0.0750. The Morgan fingerprint density at radius 3 is 2.50 bits per heavy atom. The normalized spacial score (nSPS) is 18.1. The second-order valence-corrected chi connectivity index (χ2v) is 7.63. The van der Waals surface area contributed by atoms with E-state index in [1.54, 1.807) is 19.9 Å². The summed E-state index contributed by atoms with van der Waals surface area (Å²) in [5.74, 6) is -1.81. The van der Waals surface area contributed by atoms with Gasteiger partial charge in [0.05, 0.1) is 10.8 Å². The van der Waals surface area contributed by atoms with Crippen LogP contribution < -0.4 is 0 Å². The van der Waals surface area contributed by atoms with Crippen LogP contribution in [0.4, 0.5) is 0 Å². The summed E-state index contributed by atoms with van der Waals surface area (Å²) in [6.45, 7) is 4.73. The molecule has 1 unspecified atom stereocenters. The molecule has 0 radical (unpaired) electrons. The Balaban J connectivity index is 2.25. The highest BCUT2D eigenvalue weighted by atomic mass is 32.2. The number of hydrogen-bond acceptors (Lipinski definition) is 4. The molecule has 7 nitrogen and oxygen atoms in total. The van der Waals surface area contributed by atoms with Crippen LogP contribution >= 0.6 is 0 Å². The van der Waals surface area contributed by atoms with Crippen molar-refractivity contribution in [3.05, 3.63) is 29.8 Å². The average molecular weight is 354 g/mol. The van der Waals surface area contributed by atoms with Gasteiger partial charge in [-0.05, 0) is 24.6 Å². The molecule has 1 heterocycles. The molecule has 1 atom stereocenters. The summed E-state index contributed by atoms with van der Waals surface area (Å²) in [6, 6.07) is 5.92. The lowest BCUT2D eigenvalue weighted by Gasteiger charge is -2.20. The number of rotatable bonds is 6. The van der Waals surface area contributed by atoms with E-state index in [0.29, 0.717) is 26.1 Å². The number of aliphatic carboxylic acids is 1. The number of carbonyl (C=O) groups is 2. The molecule has 0 bridgehead atoms. The topological polar surface area (TPSA) is 95.0 Å². The Bertz CT molecular complexity index is 728. The lowest BCUT2D eigenvalue weighted by molar-refractivity contribution is -0.141. The highest BCUT2D eigenvalue weighted by Gasteiger charge is 2.32. The van der Waals surface area contributed by atoms with E-state index in [-0.39, 0.29) is 22.9 Å². The van der Waals surface area contributed by atoms with Gasteiger partial charge in [0.1, 0.15) is 0 Å². The molecule has 8 heteroatoms. The fourth-order valence-corrected chi connectivity index (χ4v) is 4.34. The third-order valence-corrected chi connectivity index (χ3v) is 6.29. The Kier molecular flexibility index (Phi) is 5.61. The number of sulfonamides is 1. The number of hydrogen-bond donors (Lipinski definition) is 1. The van der Waals surface area contributed by atoms with Gasteiger partial charge in [-0.1, -0.05) is 19.9 Å². The SMILES string of the molecule is CCN(CC)S(=O)(=O)c1cccc(C(=O)N2CCC(C(=O)O)C2)c1. The van der Waals surface area contributed by atoms with E-state index < -0.39 is 21.9 Å². The fourth-order valence-electron chi connectivity index (χ4n) is 2.83. The first-order chi connectivity index (χ1) is 11.3. The second kappa shape index (κ2) is 7.31. The van der Waals surface area contributed by atoms with Crippen LogP contribution in [0.15, 0.2) is 29.2 Å². The fraction of sp³-hybridized carbons (Fsp3) is 0.500. The van der Waals surface area contributed by atoms with Gasteiger partial charge in [0.25, 0.3) is 5.91 Å². The molecule has 2 rings (SSSR count). The largest absolute Gasteiger partial charge is 0.481 e. The minimum atomic E-state index is -3.64. The van der Waals surface area contributed by atoms with Gasteiger partial charge in [-0.3, -0.25) is 9.59 Å². The first-order valence-corrected chi connectivity index (χ1v) is 9.37. The van der Waals surface area contributed by atoms with E-state index in [1.165, 1.54) is 27.4 Å². The van der Waals surface area contributed by atoms with Gasteiger partial charge < -0.3 is 10.0 Å². The van der Waals surface area contributed by atoms with Crippen molar-refractivity contribution in [2.75, 3.05) is 26.2 Å². The molecule has 0 saturated carbocycles. The van der Waals surface area contributed by atoms with Gasteiger partial charge in [-0.15, -0.1) is 0 Å². The molecule has 1 aliphatic rings. The van der Waals surface area contributed by atoms with Crippen LogP contribution in [0.1, 0.15) is 30.6 Å². The standard InChI is InChI=1S/C16H22N2O5S/c1-3-18(4-2)24(22,23)14-7-5-6-12(10-14)15(19)17-9-8-13(11-17)16(20)21/h5-7,10,13H,3-4,8-9,11H2,1-2H3,(H,20,21). The molecule has 0 aliphatic carbocycles. The Labute approximate surface area is 141 Å². The quantitative estimate of drug-likeness (QED) is 0.830. The van der Waals surface area contributed by atoms with Crippen LogP contribution in [-0.4, -0.2) is 60.8 Å². The molecule has 1 aromatic rings. The van der Waals surface area contributed by atoms with Crippen LogP contribution in [0.5, 0.6) is 0 Å². The van der Waals surface area contributed by atoms with Crippen molar-refractivity contribution >= 4 is 21.9 Å². The second-order valence-electron chi connectivity index (χ2n) is 5.69. The average Bonchev–Trinajstić information content (AvgIpc) is 3.05. The number of likely N-dealkylation sites (tertiary alicyclic amines) is 1. The van der Waals surface area contributed by atoms with Crippen LogP contribution in [-0.2, 0) is 14.8 Å². The van der Waals surface area contributed by atoms with Crippen molar-refractivity contribution in [2.45, 2.75) is 25.2 Å². The van der Waals surface area contributed by atoms with Crippen molar-refractivity contribution in [2.24, 2.45) is 5.92 Å².